The first-order valence-electron chi connectivity index (χ1n) is 6.90. The van der Waals surface area contributed by atoms with Gasteiger partial charge in [-0.15, -0.1) is 0 Å². The zero-order valence-corrected chi connectivity index (χ0v) is 12.3. The Bertz CT molecular complexity index is 524. The molecule has 108 valence electrons. The normalized spacial score (nSPS) is 12.3. The average molecular weight is 274 g/mol. The van der Waals surface area contributed by atoms with Crippen LogP contribution in [0.1, 0.15) is 30.6 Å². The molecule has 0 fully saturated rings. The summed E-state index contributed by atoms with van der Waals surface area (Å²) in [6.45, 7) is 5.78. The van der Waals surface area contributed by atoms with Crippen LogP contribution in [0.2, 0.25) is 0 Å². The summed E-state index contributed by atoms with van der Waals surface area (Å²) in [7, 11) is 1.72. The maximum absolute atomic E-state index is 5.10. The summed E-state index contributed by atoms with van der Waals surface area (Å²) in [6, 6.07) is 4.19. The van der Waals surface area contributed by atoms with Gasteiger partial charge in [0.05, 0.1) is 11.7 Å². The fourth-order valence-electron chi connectivity index (χ4n) is 2.12. The quantitative estimate of drug-likeness (QED) is 0.789. The maximum atomic E-state index is 5.10. The van der Waals surface area contributed by atoms with Crippen molar-refractivity contribution >= 4 is 5.95 Å². The maximum Gasteiger partial charge on any atom is 0.203 e. The molecular formula is C15H22N4O. The van der Waals surface area contributed by atoms with Crippen LogP contribution in [0.25, 0.3) is 0 Å². The second-order valence-corrected chi connectivity index (χ2v) is 4.90. The minimum Gasteiger partial charge on any atom is -0.385 e. The molecule has 0 saturated carbocycles. The Morgan fingerprint density at radius 1 is 1.45 bits per heavy atom. The molecule has 0 saturated heterocycles. The summed E-state index contributed by atoms with van der Waals surface area (Å²) in [5.41, 5.74) is 2.17. The first-order chi connectivity index (χ1) is 9.70. The van der Waals surface area contributed by atoms with Crippen molar-refractivity contribution in [3.8, 4) is 0 Å². The van der Waals surface area contributed by atoms with Gasteiger partial charge < -0.3 is 14.6 Å². The van der Waals surface area contributed by atoms with Crippen molar-refractivity contribution in [2.24, 2.45) is 0 Å². The van der Waals surface area contributed by atoms with E-state index in [-0.39, 0.29) is 6.04 Å². The standard InChI is InChI=1S/C15H22N4O/c1-12-11-19(8-5-9-20-3)15(17-12)18-13(2)14-6-4-7-16-10-14/h4,6-7,10-11,13H,5,8-9H2,1-3H3,(H,17,18). The number of aryl methyl sites for hydroxylation is 2. The summed E-state index contributed by atoms with van der Waals surface area (Å²) < 4.78 is 7.24. The van der Waals surface area contributed by atoms with E-state index < -0.39 is 0 Å². The lowest BCUT2D eigenvalue weighted by Crippen LogP contribution is -2.12. The van der Waals surface area contributed by atoms with Gasteiger partial charge in [0.2, 0.25) is 5.95 Å². The molecule has 0 amide bonds. The third-order valence-electron chi connectivity index (χ3n) is 3.17. The molecule has 0 aliphatic heterocycles. The van der Waals surface area contributed by atoms with Crippen molar-refractivity contribution < 1.29 is 4.74 Å². The number of anilines is 1. The Balaban J connectivity index is 2.05. The van der Waals surface area contributed by atoms with Crippen molar-refractivity contribution in [2.75, 3.05) is 19.0 Å². The van der Waals surface area contributed by atoms with Crippen LogP contribution >= 0.6 is 0 Å². The molecule has 5 nitrogen and oxygen atoms in total. The van der Waals surface area contributed by atoms with E-state index in [1.807, 2.05) is 19.2 Å². The van der Waals surface area contributed by atoms with Crippen molar-refractivity contribution in [3.63, 3.8) is 0 Å². The highest BCUT2D eigenvalue weighted by molar-refractivity contribution is 5.33. The van der Waals surface area contributed by atoms with E-state index in [0.29, 0.717) is 0 Å². The van der Waals surface area contributed by atoms with Gasteiger partial charge in [-0.25, -0.2) is 4.98 Å². The van der Waals surface area contributed by atoms with Crippen LogP contribution in [0.4, 0.5) is 5.95 Å². The number of ether oxygens (including phenoxy) is 1. The summed E-state index contributed by atoms with van der Waals surface area (Å²) in [5, 5.41) is 3.45. The Kier molecular flexibility index (Phi) is 5.12. The number of hydrogen-bond acceptors (Lipinski definition) is 4. The third-order valence-corrected chi connectivity index (χ3v) is 3.17. The van der Waals surface area contributed by atoms with Crippen LogP contribution < -0.4 is 5.32 Å². The van der Waals surface area contributed by atoms with Crippen LogP contribution in [0, 0.1) is 6.92 Å². The number of pyridine rings is 1. The van der Waals surface area contributed by atoms with Gasteiger partial charge in [0.15, 0.2) is 0 Å². The largest absolute Gasteiger partial charge is 0.385 e. The minimum atomic E-state index is 0.173. The van der Waals surface area contributed by atoms with Gasteiger partial charge in [0.25, 0.3) is 0 Å². The van der Waals surface area contributed by atoms with Gasteiger partial charge in [-0.1, -0.05) is 6.07 Å². The number of methoxy groups -OCH3 is 1. The predicted octanol–water partition coefficient (Wildman–Crippen LogP) is 2.80. The van der Waals surface area contributed by atoms with Crippen LogP contribution in [0.3, 0.4) is 0 Å². The molecule has 2 aromatic rings. The molecule has 2 rings (SSSR count). The molecule has 1 unspecified atom stereocenters. The Hall–Kier alpha value is -1.88. The summed E-state index contributed by atoms with van der Waals surface area (Å²) in [5.74, 6) is 0.898. The smallest absolute Gasteiger partial charge is 0.203 e. The molecule has 0 aliphatic rings. The van der Waals surface area contributed by atoms with Gasteiger partial charge >= 0.3 is 0 Å². The summed E-state index contributed by atoms with van der Waals surface area (Å²) >= 11 is 0. The van der Waals surface area contributed by atoms with E-state index in [2.05, 4.69) is 39.0 Å². The monoisotopic (exact) mass is 274 g/mol. The Morgan fingerprint density at radius 2 is 2.30 bits per heavy atom. The zero-order chi connectivity index (χ0) is 14.4. The number of nitrogens with zero attached hydrogens (tertiary/aromatic N) is 3. The van der Waals surface area contributed by atoms with Gasteiger partial charge in [0.1, 0.15) is 0 Å². The first kappa shape index (κ1) is 14.5. The molecule has 0 bridgehead atoms. The predicted molar refractivity (Wildman–Crippen MR) is 79.7 cm³/mol. The van der Waals surface area contributed by atoms with E-state index in [9.17, 15) is 0 Å². The number of imidazole rings is 1. The van der Waals surface area contributed by atoms with Crippen LogP contribution in [-0.4, -0.2) is 28.3 Å². The number of hydrogen-bond donors (Lipinski definition) is 1. The highest BCUT2D eigenvalue weighted by Gasteiger charge is 2.10. The number of rotatable bonds is 7. The van der Waals surface area contributed by atoms with Crippen LogP contribution in [-0.2, 0) is 11.3 Å². The lowest BCUT2D eigenvalue weighted by molar-refractivity contribution is 0.190. The minimum absolute atomic E-state index is 0.173. The lowest BCUT2D eigenvalue weighted by Gasteiger charge is -2.16. The zero-order valence-electron chi connectivity index (χ0n) is 12.3. The molecule has 0 aromatic carbocycles. The topological polar surface area (TPSA) is 52.0 Å². The fourth-order valence-corrected chi connectivity index (χ4v) is 2.12. The first-order valence-corrected chi connectivity index (χ1v) is 6.90. The van der Waals surface area contributed by atoms with Crippen molar-refractivity contribution in [3.05, 3.63) is 42.0 Å². The SMILES string of the molecule is COCCCn1cc(C)nc1NC(C)c1cccnc1. The van der Waals surface area contributed by atoms with Crippen LogP contribution in [0.15, 0.2) is 30.7 Å². The van der Waals surface area contributed by atoms with Crippen LogP contribution in [0.5, 0.6) is 0 Å². The summed E-state index contributed by atoms with van der Waals surface area (Å²) in [4.78, 5) is 8.70. The molecular weight excluding hydrogens is 252 g/mol. The molecule has 0 radical (unpaired) electrons. The highest BCUT2D eigenvalue weighted by atomic mass is 16.5. The van der Waals surface area contributed by atoms with Gasteiger partial charge in [-0.05, 0) is 31.9 Å². The van der Waals surface area contributed by atoms with Crippen molar-refractivity contribution in [1.29, 1.82) is 0 Å². The molecule has 5 heteroatoms. The van der Waals surface area contributed by atoms with Crippen molar-refractivity contribution in [2.45, 2.75) is 32.9 Å². The van der Waals surface area contributed by atoms with E-state index in [0.717, 1.165) is 36.8 Å². The lowest BCUT2D eigenvalue weighted by atomic mass is 10.1. The molecule has 2 heterocycles. The third kappa shape index (κ3) is 3.81. The summed E-state index contributed by atoms with van der Waals surface area (Å²) in [6.07, 6.45) is 6.70. The molecule has 0 spiro atoms. The fraction of sp³-hybridized carbons (Fsp3) is 0.467. The van der Waals surface area contributed by atoms with E-state index in [1.165, 1.54) is 0 Å². The van der Waals surface area contributed by atoms with Gasteiger partial charge in [0, 0.05) is 38.9 Å². The number of aromatic nitrogens is 3. The Labute approximate surface area is 120 Å². The highest BCUT2D eigenvalue weighted by Crippen LogP contribution is 2.18. The van der Waals surface area contributed by atoms with Gasteiger partial charge in [-0.3, -0.25) is 4.98 Å². The molecule has 0 aliphatic carbocycles. The van der Waals surface area contributed by atoms with Gasteiger partial charge in [-0.2, -0.15) is 0 Å². The number of nitrogens with one attached hydrogen (secondary N) is 1. The molecule has 1 N–H and O–H groups in total. The Morgan fingerprint density at radius 3 is 3.00 bits per heavy atom. The molecule has 1 atom stereocenters. The van der Waals surface area contributed by atoms with E-state index in [1.54, 1.807) is 13.3 Å². The average Bonchev–Trinajstić information content (AvgIpc) is 2.80. The van der Waals surface area contributed by atoms with Crippen molar-refractivity contribution in [1.82, 2.24) is 14.5 Å². The van der Waals surface area contributed by atoms with E-state index in [4.69, 9.17) is 4.74 Å². The molecule has 20 heavy (non-hydrogen) atoms. The second-order valence-electron chi connectivity index (χ2n) is 4.90. The molecule has 2 aromatic heterocycles. The second kappa shape index (κ2) is 7.05. The van der Waals surface area contributed by atoms with E-state index >= 15 is 0 Å².